The highest BCUT2D eigenvalue weighted by atomic mass is 19.4. The van der Waals surface area contributed by atoms with Crippen molar-refractivity contribution in [2.45, 2.75) is 38.7 Å². The number of amides is 1. The normalized spacial score (nSPS) is 12.5. The van der Waals surface area contributed by atoms with E-state index in [0.717, 1.165) is 17.7 Å². The van der Waals surface area contributed by atoms with Crippen LogP contribution in [0.3, 0.4) is 0 Å². The third-order valence-electron chi connectivity index (χ3n) is 4.19. The molecule has 1 unspecified atom stereocenters. The van der Waals surface area contributed by atoms with Gasteiger partial charge >= 0.3 is 6.18 Å². The highest BCUT2D eigenvalue weighted by Crippen LogP contribution is 2.29. The highest BCUT2D eigenvalue weighted by molar-refractivity contribution is 5.80. The van der Waals surface area contributed by atoms with E-state index in [1.165, 1.54) is 19.2 Å². The molecule has 1 amide bonds. The Morgan fingerprint density at radius 3 is 2.18 bits per heavy atom. The van der Waals surface area contributed by atoms with Gasteiger partial charge in [-0.3, -0.25) is 10.0 Å². The predicted molar refractivity (Wildman–Crippen MR) is 97.7 cm³/mol. The van der Waals surface area contributed by atoms with Crippen LogP contribution in [0.2, 0.25) is 0 Å². The van der Waals surface area contributed by atoms with E-state index >= 15 is 0 Å². The lowest BCUT2D eigenvalue weighted by atomic mass is 10.1. The van der Waals surface area contributed by atoms with Crippen LogP contribution in [0.15, 0.2) is 48.5 Å². The molecule has 0 aromatic heterocycles. The van der Waals surface area contributed by atoms with Gasteiger partial charge in [-0.05, 0) is 41.8 Å². The van der Waals surface area contributed by atoms with E-state index < -0.39 is 23.7 Å². The first-order valence-electron chi connectivity index (χ1n) is 8.78. The van der Waals surface area contributed by atoms with Gasteiger partial charge in [0, 0.05) is 13.6 Å². The van der Waals surface area contributed by atoms with E-state index in [9.17, 15) is 23.2 Å². The molecule has 8 heteroatoms. The second kappa shape index (κ2) is 9.57. The summed E-state index contributed by atoms with van der Waals surface area (Å²) in [7, 11) is 1.29. The van der Waals surface area contributed by atoms with E-state index in [0.29, 0.717) is 29.3 Å². The van der Waals surface area contributed by atoms with Crippen LogP contribution in [-0.4, -0.2) is 29.3 Å². The molecule has 0 spiro atoms. The molecule has 1 atom stereocenters. The molecule has 0 bridgehead atoms. The molecule has 0 aliphatic carbocycles. The van der Waals surface area contributed by atoms with E-state index in [1.54, 1.807) is 12.1 Å². The molecule has 5 nitrogen and oxygen atoms in total. The van der Waals surface area contributed by atoms with Crippen LogP contribution in [-0.2, 0) is 24.1 Å². The lowest BCUT2D eigenvalue weighted by Crippen LogP contribution is -2.43. The fourth-order valence-electron chi connectivity index (χ4n) is 2.53. The van der Waals surface area contributed by atoms with Gasteiger partial charge in [0.2, 0.25) is 0 Å². The van der Waals surface area contributed by atoms with Crippen LogP contribution in [0.25, 0.3) is 0 Å². The molecule has 2 aromatic rings. The number of likely N-dealkylation sites (N-methyl/N-ethyl adjacent to an activating group) is 1. The summed E-state index contributed by atoms with van der Waals surface area (Å²) in [5.74, 6) is 0.181. The molecule has 0 fully saturated rings. The second-order valence-electron chi connectivity index (χ2n) is 6.33. The van der Waals surface area contributed by atoms with E-state index in [-0.39, 0.29) is 6.61 Å². The number of alkyl halides is 3. The summed E-state index contributed by atoms with van der Waals surface area (Å²) in [5, 5.41) is 12.9. The lowest BCUT2D eigenvalue weighted by molar-refractivity contribution is -0.161. The zero-order chi connectivity index (χ0) is 20.7. The number of hydrogen-bond donors (Lipinski definition) is 2. The number of rotatable bonds is 8. The average molecular weight is 396 g/mol. The first kappa shape index (κ1) is 21.7. The Hall–Kier alpha value is -2.58. The Bertz CT molecular complexity index is 760. The van der Waals surface area contributed by atoms with E-state index in [1.807, 2.05) is 19.1 Å². The van der Waals surface area contributed by atoms with Gasteiger partial charge in [-0.2, -0.15) is 13.2 Å². The SMILES string of the molecule is CCC(NCc1ccc(OCc2ccc(C(F)(F)F)cc2)cc1)C(=O)N(C)O. The summed E-state index contributed by atoms with van der Waals surface area (Å²) in [6.45, 7) is 2.44. The minimum atomic E-state index is -4.35. The second-order valence-corrected chi connectivity index (χ2v) is 6.33. The van der Waals surface area contributed by atoms with Gasteiger partial charge in [-0.25, -0.2) is 5.06 Å². The standard InChI is InChI=1S/C20H23F3N2O3/c1-3-18(19(26)25(2)27)24-12-14-6-10-17(11-7-14)28-13-15-4-8-16(9-5-15)20(21,22)23/h4-11,18,24,27H,3,12-13H2,1-2H3. The van der Waals surface area contributed by atoms with Crippen LogP contribution in [0, 0.1) is 0 Å². The molecule has 0 aliphatic heterocycles. The van der Waals surface area contributed by atoms with Crippen LogP contribution >= 0.6 is 0 Å². The number of carbonyl (C=O) groups is 1. The minimum absolute atomic E-state index is 0.158. The maximum atomic E-state index is 12.6. The van der Waals surface area contributed by atoms with Crippen molar-refractivity contribution in [3.8, 4) is 5.75 Å². The van der Waals surface area contributed by atoms with Gasteiger partial charge in [0.1, 0.15) is 12.4 Å². The van der Waals surface area contributed by atoms with Crippen molar-refractivity contribution in [2.75, 3.05) is 7.05 Å². The molecule has 0 saturated heterocycles. The molecule has 0 aliphatic rings. The lowest BCUT2D eigenvalue weighted by Gasteiger charge is -2.19. The summed E-state index contributed by atoms with van der Waals surface area (Å²) in [6.07, 6.45) is -3.81. The Morgan fingerprint density at radius 2 is 1.68 bits per heavy atom. The molecular weight excluding hydrogens is 373 g/mol. The van der Waals surface area contributed by atoms with Crippen molar-refractivity contribution in [3.63, 3.8) is 0 Å². The van der Waals surface area contributed by atoms with Crippen LogP contribution in [0.5, 0.6) is 5.75 Å². The molecule has 2 rings (SSSR count). The van der Waals surface area contributed by atoms with Crippen LogP contribution in [0.4, 0.5) is 13.2 Å². The molecule has 152 valence electrons. The average Bonchev–Trinajstić information content (AvgIpc) is 2.67. The van der Waals surface area contributed by atoms with Gasteiger partial charge in [-0.1, -0.05) is 31.2 Å². The molecule has 2 aromatic carbocycles. The summed E-state index contributed by atoms with van der Waals surface area (Å²) in [6, 6.07) is 11.5. The monoisotopic (exact) mass is 396 g/mol. The largest absolute Gasteiger partial charge is 0.489 e. The molecule has 0 radical (unpaired) electrons. The number of carbonyl (C=O) groups excluding carboxylic acids is 1. The number of nitrogens with one attached hydrogen (secondary N) is 1. The zero-order valence-electron chi connectivity index (χ0n) is 15.7. The fraction of sp³-hybridized carbons (Fsp3) is 0.350. The Morgan fingerprint density at radius 1 is 1.11 bits per heavy atom. The maximum absolute atomic E-state index is 12.6. The molecule has 2 N–H and O–H groups in total. The predicted octanol–water partition coefficient (Wildman–Crippen LogP) is 4.00. The Balaban J connectivity index is 1.86. The molecular formula is C20H23F3N2O3. The third kappa shape index (κ3) is 6.24. The number of ether oxygens (including phenoxy) is 1. The van der Waals surface area contributed by atoms with Crippen LogP contribution < -0.4 is 10.1 Å². The summed E-state index contributed by atoms with van der Waals surface area (Å²) in [4.78, 5) is 11.8. The van der Waals surface area contributed by atoms with Crippen molar-refractivity contribution >= 4 is 5.91 Å². The van der Waals surface area contributed by atoms with Gasteiger partial charge in [0.05, 0.1) is 11.6 Å². The first-order chi connectivity index (χ1) is 13.2. The molecule has 28 heavy (non-hydrogen) atoms. The number of hydroxylamine groups is 2. The number of nitrogens with zero attached hydrogens (tertiary/aromatic N) is 1. The van der Waals surface area contributed by atoms with Crippen molar-refractivity contribution in [1.29, 1.82) is 0 Å². The summed E-state index contributed by atoms with van der Waals surface area (Å²) in [5.41, 5.74) is 0.870. The van der Waals surface area contributed by atoms with E-state index in [2.05, 4.69) is 5.32 Å². The molecule has 0 saturated carbocycles. The summed E-state index contributed by atoms with van der Waals surface area (Å²) >= 11 is 0. The number of benzene rings is 2. The van der Waals surface area contributed by atoms with Crippen molar-refractivity contribution in [3.05, 3.63) is 65.2 Å². The van der Waals surface area contributed by atoms with Crippen LogP contribution in [0.1, 0.15) is 30.0 Å². The smallest absolute Gasteiger partial charge is 0.416 e. The zero-order valence-corrected chi connectivity index (χ0v) is 15.7. The molecule has 0 heterocycles. The minimum Gasteiger partial charge on any atom is -0.489 e. The van der Waals surface area contributed by atoms with Gasteiger partial charge in [-0.15, -0.1) is 0 Å². The quantitative estimate of drug-likeness (QED) is 0.523. The summed E-state index contributed by atoms with van der Waals surface area (Å²) < 4.78 is 43.3. The Kier molecular flexibility index (Phi) is 7.42. The maximum Gasteiger partial charge on any atom is 0.416 e. The van der Waals surface area contributed by atoms with Crippen molar-refractivity contribution < 1.29 is 27.9 Å². The van der Waals surface area contributed by atoms with Gasteiger partial charge in [0.15, 0.2) is 0 Å². The number of halogens is 3. The third-order valence-corrected chi connectivity index (χ3v) is 4.19. The van der Waals surface area contributed by atoms with Gasteiger partial charge in [0.25, 0.3) is 5.91 Å². The van der Waals surface area contributed by atoms with Crippen molar-refractivity contribution in [1.82, 2.24) is 10.4 Å². The fourth-order valence-corrected chi connectivity index (χ4v) is 2.53. The van der Waals surface area contributed by atoms with Crippen molar-refractivity contribution in [2.24, 2.45) is 0 Å². The van der Waals surface area contributed by atoms with E-state index in [4.69, 9.17) is 4.74 Å². The Labute approximate surface area is 161 Å². The number of hydrogen-bond acceptors (Lipinski definition) is 4. The highest BCUT2D eigenvalue weighted by Gasteiger charge is 2.29. The van der Waals surface area contributed by atoms with Gasteiger partial charge < -0.3 is 10.1 Å². The topological polar surface area (TPSA) is 61.8 Å². The first-order valence-corrected chi connectivity index (χ1v) is 8.78.